The first-order valence-electron chi connectivity index (χ1n) is 9.03. The van der Waals surface area contributed by atoms with Crippen LogP contribution in [-0.4, -0.2) is 31.5 Å². The molecule has 3 aromatic rings. The molecule has 6 nitrogen and oxygen atoms in total. The largest absolute Gasteiger partial charge is 0.479 e. The molecule has 3 N–H and O–H groups in total. The van der Waals surface area contributed by atoms with Crippen molar-refractivity contribution in [1.29, 1.82) is 0 Å². The van der Waals surface area contributed by atoms with E-state index in [0.717, 1.165) is 27.9 Å². The van der Waals surface area contributed by atoms with Crippen molar-refractivity contribution in [2.45, 2.75) is 31.3 Å². The quantitative estimate of drug-likeness (QED) is 0.477. The third-order valence-electron chi connectivity index (χ3n) is 4.32. The number of imidazole rings is 1. The number of aliphatic hydroxyl groups is 1. The Balaban J connectivity index is 1.75. The van der Waals surface area contributed by atoms with Crippen molar-refractivity contribution < 1.29 is 15.0 Å². The summed E-state index contributed by atoms with van der Waals surface area (Å²) in [5.74, 6) is -0.0247. The van der Waals surface area contributed by atoms with Gasteiger partial charge in [-0.2, -0.15) is 0 Å². The van der Waals surface area contributed by atoms with Gasteiger partial charge in [-0.25, -0.2) is 9.78 Å². The molecule has 0 spiro atoms. The summed E-state index contributed by atoms with van der Waals surface area (Å²) in [4.78, 5) is 16.0. The summed E-state index contributed by atoms with van der Waals surface area (Å²) in [6, 6.07) is 15.9. The number of nitrogens with one attached hydrogen (secondary N) is 1. The maximum absolute atomic E-state index is 11.7. The fourth-order valence-corrected chi connectivity index (χ4v) is 3.64. The third kappa shape index (κ3) is 4.74. The third-order valence-corrected chi connectivity index (χ3v) is 5.20. The molecule has 3 rings (SSSR count). The van der Waals surface area contributed by atoms with Gasteiger partial charge < -0.3 is 20.1 Å². The Kier molecular flexibility index (Phi) is 6.73. The Bertz CT molecular complexity index is 910. The van der Waals surface area contributed by atoms with Gasteiger partial charge in [0.2, 0.25) is 0 Å². The average Bonchev–Trinajstić information content (AvgIpc) is 3.09. The molecule has 1 atom stereocenters. The zero-order valence-electron chi connectivity index (χ0n) is 15.6. The molecule has 146 valence electrons. The van der Waals surface area contributed by atoms with Crippen LogP contribution in [0, 0.1) is 0 Å². The van der Waals surface area contributed by atoms with Crippen molar-refractivity contribution in [2.75, 3.05) is 11.1 Å². The Morgan fingerprint density at radius 1 is 1.18 bits per heavy atom. The SMILES string of the molecule is CCSc1ncc(CO)n1Cc1ccc(NC(C(=O)O)c2ccccc2)cc1. The van der Waals surface area contributed by atoms with E-state index >= 15 is 0 Å². The van der Waals surface area contributed by atoms with E-state index in [2.05, 4.69) is 17.2 Å². The number of benzene rings is 2. The van der Waals surface area contributed by atoms with Gasteiger partial charge in [0, 0.05) is 12.2 Å². The van der Waals surface area contributed by atoms with Crippen molar-refractivity contribution in [3.05, 3.63) is 77.6 Å². The van der Waals surface area contributed by atoms with Gasteiger partial charge in [-0.05, 0) is 29.0 Å². The number of aliphatic hydroxyl groups excluding tert-OH is 1. The van der Waals surface area contributed by atoms with Gasteiger partial charge in [-0.15, -0.1) is 0 Å². The highest BCUT2D eigenvalue weighted by Crippen LogP contribution is 2.23. The number of thioether (sulfide) groups is 1. The van der Waals surface area contributed by atoms with E-state index in [1.807, 2.05) is 47.0 Å². The van der Waals surface area contributed by atoms with Crippen molar-refractivity contribution in [3.8, 4) is 0 Å². The van der Waals surface area contributed by atoms with E-state index in [1.54, 1.807) is 30.1 Å². The summed E-state index contributed by atoms with van der Waals surface area (Å²) in [6.07, 6.45) is 1.70. The van der Waals surface area contributed by atoms with Gasteiger partial charge in [0.1, 0.15) is 0 Å². The number of hydrogen-bond donors (Lipinski definition) is 3. The van der Waals surface area contributed by atoms with Crippen molar-refractivity contribution in [3.63, 3.8) is 0 Å². The van der Waals surface area contributed by atoms with E-state index in [-0.39, 0.29) is 6.61 Å². The van der Waals surface area contributed by atoms with Gasteiger partial charge in [-0.1, -0.05) is 61.2 Å². The van der Waals surface area contributed by atoms with E-state index in [1.165, 1.54) is 0 Å². The van der Waals surface area contributed by atoms with Crippen LogP contribution in [0.25, 0.3) is 0 Å². The van der Waals surface area contributed by atoms with Crippen LogP contribution in [0.3, 0.4) is 0 Å². The summed E-state index contributed by atoms with van der Waals surface area (Å²) in [5.41, 5.74) is 3.25. The van der Waals surface area contributed by atoms with Crippen LogP contribution in [-0.2, 0) is 17.9 Å². The summed E-state index contributed by atoms with van der Waals surface area (Å²) < 4.78 is 2.00. The van der Waals surface area contributed by atoms with Gasteiger partial charge in [0.05, 0.1) is 18.5 Å². The number of aromatic nitrogens is 2. The molecule has 0 aliphatic rings. The van der Waals surface area contributed by atoms with E-state index in [9.17, 15) is 15.0 Å². The van der Waals surface area contributed by atoms with E-state index in [0.29, 0.717) is 12.1 Å². The monoisotopic (exact) mass is 397 g/mol. The number of aliphatic carboxylic acids is 1. The highest BCUT2D eigenvalue weighted by Gasteiger charge is 2.19. The van der Waals surface area contributed by atoms with Crippen LogP contribution in [0.4, 0.5) is 5.69 Å². The number of hydrogen-bond acceptors (Lipinski definition) is 5. The fourth-order valence-electron chi connectivity index (χ4n) is 2.92. The first-order valence-corrected chi connectivity index (χ1v) is 10.0. The topological polar surface area (TPSA) is 87.4 Å². The maximum atomic E-state index is 11.7. The Labute approximate surface area is 168 Å². The molecule has 1 unspecified atom stereocenters. The smallest absolute Gasteiger partial charge is 0.330 e. The lowest BCUT2D eigenvalue weighted by molar-refractivity contribution is -0.138. The minimum Gasteiger partial charge on any atom is -0.479 e. The summed E-state index contributed by atoms with van der Waals surface area (Å²) in [7, 11) is 0. The number of anilines is 1. The highest BCUT2D eigenvalue weighted by molar-refractivity contribution is 7.99. The molecule has 0 fully saturated rings. The molecule has 1 aromatic heterocycles. The first kappa shape index (κ1) is 20.0. The standard InChI is InChI=1S/C21H23N3O3S/c1-2-28-21-22-12-18(14-25)24(21)13-15-8-10-17(11-9-15)23-19(20(26)27)16-6-4-3-5-7-16/h3-12,19,23,25H,2,13-14H2,1H3,(H,26,27). The van der Waals surface area contributed by atoms with Gasteiger partial charge >= 0.3 is 5.97 Å². The van der Waals surface area contributed by atoms with E-state index < -0.39 is 12.0 Å². The van der Waals surface area contributed by atoms with E-state index in [4.69, 9.17) is 0 Å². The Hall–Kier alpha value is -2.77. The van der Waals surface area contributed by atoms with Gasteiger partial charge in [-0.3, -0.25) is 0 Å². The molecule has 0 saturated carbocycles. The molecule has 1 heterocycles. The normalized spacial score (nSPS) is 11.9. The molecular formula is C21H23N3O3S. The number of rotatable bonds is 9. The Morgan fingerprint density at radius 3 is 2.50 bits per heavy atom. The summed E-state index contributed by atoms with van der Waals surface area (Å²) in [6.45, 7) is 2.60. The van der Waals surface area contributed by atoms with Gasteiger partial charge in [0.25, 0.3) is 0 Å². The second kappa shape index (κ2) is 9.43. The van der Waals surface area contributed by atoms with Crippen LogP contribution in [0.1, 0.15) is 29.8 Å². The molecule has 0 aliphatic carbocycles. The number of carboxylic acids is 1. The number of carbonyl (C=O) groups is 1. The van der Waals surface area contributed by atoms with Gasteiger partial charge in [0.15, 0.2) is 11.2 Å². The number of carboxylic acid groups (broad SMARTS) is 1. The predicted octanol–water partition coefficient (Wildman–Crippen LogP) is 3.77. The second-order valence-electron chi connectivity index (χ2n) is 6.23. The molecule has 0 amide bonds. The highest BCUT2D eigenvalue weighted by atomic mass is 32.2. The zero-order chi connectivity index (χ0) is 19.9. The minimum atomic E-state index is -0.928. The lowest BCUT2D eigenvalue weighted by atomic mass is 10.1. The van der Waals surface area contributed by atoms with Crippen molar-refractivity contribution in [1.82, 2.24) is 9.55 Å². The summed E-state index contributed by atoms with van der Waals surface area (Å²) in [5, 5.41) is 23.1. The lowest BCUT2D eigenvalue weighted by Gasteiger charge is -2.17. The average molecular weight is 398 g/mol. The van der Waals surface area contributed by atoms with Crippen LogP contribution in [0.15, 0.2) is 66.0 Å². The molecule has 0 radical (unpaired) electrons. The van der Waals surface area contributed by atoms with Crippen molar-refractivity contribution in [2.24, 2.45) is 0 Å². The van der Waals surface area contributed by atoms with Crippen LogP contribution >= 0.6 is 11.8 Å². The van der Waals surface area contributed by atoms with Crippen LogP contribution in [0.5, 0.6) is 0 Å². The molecule has 7 heteroatoms. The van der Waals surface area contributed by atoms with Crippen LogP contribution in [0.2, 0.25) is 0 Å². The minimum absolute atomic E-state index is 0.0612. The number of nitrogens with zero attached hydrogens (tertiary/aromatic N) is 2. The maximum Gasteiger partial charge on any atom is 0.330 e. The lowest BCUT2D eigenvalue weighted by Crippen LogP contribution is -2.20. The Morgan fingerprint density at radius 2 is 1.89 bits per heavy atom. The molecule has 0 aliphatic heterocycles. The first-order chi connectivity index (χ1) is 13.6. The van der Waals surface area contributed by atoms with Crippen molar-refractivity contribution >= 4 is 23.4 Å². The molecule has 0 bridgehead atoms. The molecule has 2 aromatic carbocycles. The van der Waals surface area contributed by atoms with Crippen LogP contribution < -0.4 is 5.32 Å². The molecule has 0 saturated heterocycles. The second-order valence-corrected chi connectivity index (χ2v) is 7.46. The zero-order valence-corrected chi connectivity index (χ0v) is 16.4. The molecular weight excluding hydrogens is 374 g/mol. The summed E-state index contributed by atoms with van der Waals surface area (Å²) >= 11 is 1.63. The predicted molar refractivity (Wildman–Crippen MR) is 111 cm³/mol. The molecule has 28 heavy (non-hydrogen) atoms. The fraction of sp³-hybridized carbons (Fsp3) is 0.238.